The van der Waals surface area contributed by atoms with Crippen molar-refractivity contribution in [3.63, 3.8) is 0 Å². The Labute approximate surface area is 159 Å². The number of anilines is 1. The normalized spacial score (nSPS) is 10.7. The molecule has 2 N–H and O–H groups in total. The first-order valence-electron chi connectivity index (χ1n) is 9.13. The second kappa shape index (κ2) is 9.09. The molecule has 0 unspecified atom stereocenters. The van der Waals surface area contributed by atoms with Gasteiger partial charge in [-0.1, -0.05) is 36.3 Å². The Balaban J connectivity index is 1.44. The van der Waals surface area contributed by atoms with E-state index in [9.17, 15) is 4.79 Å². The van der Waals surface area contributed by atoms with Crippen LogP contribution >= 0.6 is 0 Å². The first-order chi connectivity index (χ1) is 13.1. The molecule has 0 bridgehead atoms. The number of benzene rings is 2. The third kappa shape index (κ3) is 5.49. The zero-order valence-corrected chi connectivity index (χ0v) is 15.7. The van der Waals surface area contributed by atoms with Crippen LogP contribution in [0.2, 0.25) is 0 Å². The first-order valence-corrected chi connectivity index (χ1v) is 9.13. The van der Waals surface area contributed by atoms with Gasteiger partial charge in [0.05, 0.1) is 0 Å². The first kappa shape index (κ1) is 18.8. The average molecular weight is 364 g/mol. The average Bonchev–Trinajstić information content (AvgIpc) is 3.16. The van der Waals surface area contributed by atoms with Gasteiger partial charge in [0, 0.05) is 31.1 Å². The van der Waals surface area contributed by atoms with Gasteiger partial charge in [0.25, 0.3) is 5.89 Å². The van der Waals surface area contributed by atoms with Crippen LogP contribution in [-0.2, 0) is 24.2 Å². The smallest absolute Gasteiger partial charge is 0.257 e. The number of rotatable bonds is 8. The van der Waals surface area contributed by atoms with Gasteiger partial charge in [-0.3, -0.25) is 4.79 Å². The molecule has 27 heavy (non-hydrogen) atoms. The van der Waals surface area contributed by atoms with Gasteiger partial charge >= 0.3 is 0 Å². The zero-order valence-electron chi connectivity index (χ0n) is 15.7. The van der Waals surface area contributed by atoms with E-state index in [1.807, 2.05) is 43.3 Å². The van der Waals surface area contributed by atoms with E-state index in [0.29, 0.717) is 5.89 Å². The lowest BCUT2D eigenvalue weighted by atomic mass is 10.1. The molecule has 0 aliphatic carbocycles. The monoisotopic (exact) mass is 364 g/mol. The molecule has 3 rings (SSSR count). The molecule has 0 aliphatic rings. The lowest BCUT2D eigenvalue weighted by Crippen LogP contribution is -2.16. The van der Waals surface area contributed by atoms with Crippen LogP contribution in [0.25, 0.3) is 11.5 Å². The lowest BCUT2D eigenvalue weighted by Gasteiger charge is -2.07. The molecule has 140 valence electrons. The molecule has 0 saturated heterocycles. The van der Waals surface area contributed by atoms with Crippen molar-refractivity contribution in [1.82, 2.24) is 15.5 Å². The van der Waals surface area contributed by atoms with E-state index >= 15 is 0 Å². The largest absolute Gasteiger partial charge is 0.334 e. The minimum atomic E-state index is -0.0585. The highest BCUT2D eigenvalue weighted by molar-refractivity contribution is 5.88. The van der Waals surface area contributed by atoms with E-state index in [1.165, 1.54) is 18.1 Å². The van der Waals surface area contributed by atoms with Crippen molar-refractivity contribution >= 4 is 11.6 Å². The summed E-state index contributed by atoms with van der Waals surface area (Å²) >= 11 is 0. The van der Waals surface area contributed by atoms with Gasteiger partial charge in [-0.25, -0.2) is 0 Å². The summed E-state index contributed by atoms with van der Waals surface area (Å²) < 4.78 is 5.26. The Morgan fingerprint density at radius 3 is 2.37 bits per heavy atom. The van der Waals surface area contributed by atoms with Gasteiger partial charge in [0.15, 0.2) is 5.82 Å². The van der Waals surface area contributed by atoms with E-state index in [0.717, 1.165) is 43.0 Å². The van der Waals surface area contributed by atoms with Crippen LogP contribution < -0.4 is 10.6 Å². The third-order valence-electron chi connectivity index (χ3n) is 4.18. The molecule has 0 spiro atoms. The van der Waals surface area contributed by atoms with Gasteiger partial charge in [0.2, 0.25) is 5.91 Å². The van der Waals surface area contributed by atoms with Crippen molar-refractivity contribution in [2.24, 2.45) is 0 Å². The number of aryl methyl sites for hydroxylation is 1. The molecule has 1 heterocycles. The maximum Gasteiger partial charge on any atom is 0.257 e. The number of carbonyl (C=O) groups is 1. The van der Waals surface area contributed by atoms with Crippen LogP contribution in [-0.4, -0.2) is 22.6 Å². The van der Waals surface area contributed by atoms with Crippen molar-refractivity contribution in [2.75, 3.05) is 11.9 Å². The van der Waals surface area contributed by atoms with E-state index in [1.54, 1.807) is 0 Å². The fourth-order valence-corrected chi connectivity index (χ4v) is 2.70. The van der Waals surface area contributed by atoms with Gasteiger partial charge < -0.3 is 15.2 Å². The summed E-state index contributed by atoms with van der Waals surface area (Å²) in [4.78, 5) is 15.4. The number of hydrogen-bond donors (Lipinski definition) is 2. The number of hydrogen-bond acceptors (Lipinski definition) is 5. The molecule has 0 fully saturated rings. The number of aromatic nitrogens is 2. The highest BCUT2D eigenvalue weighted by Gasteiger charge is 2.07. The maximum atomic E-state index is 11.0. The molecule has 0 radical (unpaired) electrons. The van der Waals surface area contributed by atoms with E-state index in [-0.39, 0.29) is 5.91 Å². The minimum Gasteiger partial charge on any atom is -0.334 e. The number of carbonyl (C=O) groups excluding carboxylic acids is 1. The van der Waals surface area contributed by atoms with Gasteiger partial charge in [-0.15, -0.1) is 0 Å². The van der Waals surface area contributed by atoms with Crippen LogP contribution in [0.1, 0.15) is 30.8 Å². The molecule has 6 nitrogen and oxygen atoms in total. The molecule has 0 atom stereocenters. The predicted octanol–water partition coefficient (Wildman–Crippen LogP) is 3.59. The Bertz CT molecular complexity index is 870. The molecular formula is C21H24N4O2. The molecule has 3 aromatic rings. The zero-order chi connectivity index (χ0) is 19.1. The van der Waals surface area contributed by atoms with Crippen LogP contribution in [0.15, 0.2) is 53.1 Å². The van der Waals surface area contributed by atoms with Crippen LogP contribution in [0.5, 0.6) is 0 Å². The van der Waals surface area contributed by atoms with E-state index < -0.39 is 0 Å². The molecule has 1 amide bonds. The lowest BCUT2D eigenvalue weighted by molar-refractivity contribution is -0.114. The third-order valence-corrected chi connectivity index (χ3v) is 4.18. The summed E-state index contributed by atoms with van der Waals surface area (Å²) in [5.74, 6) is 1.24. The predicted molar refractivity (Wildman–Crippen MR) is 105 cm³/mol. The quantitative estimate of drug-likeness (QED) is 0.597. The van der Waals surface area contributed by atoms with Crippen molar-refractivity contribution in [2.45, 2.75) is 33.2 Å². The number of nitrogens with one attached hydrogen (secondary N) is 2. The van der Waals surface area contributed by atoms with Crippen molar-refractivity contribution in [3.8, 4) is 11.5 Å². The minimum absolute atomic E-state index is 0.0585. The topological polar surface area (TPSA) is 80.0 Å². The Hall–Kier alpha value is -2.99. The van der Waals surface area contributed by atoms with Crippen molar-refractivity contribution in [3.05, 3.63) is 65.5 Å². The fraction of sp³-hybridized carbons (Fsp3) is 0.286. The summed E-state index contributed by atoms with van der Waals surface area (Å²) in [5, 5.41) is 10.1. The second-order valence-corrected chi connectivity index (χ2v) is 6.37. The van der Waals surface area contributed by atoms with Crippen LogP contribution in [0, 0.1) is 0 Å². The Morgan fingerprint density at radius 1 is 1.04 bits per heavy atom. The van der Waals surface area contributed by atoms with Gasteiger partial charge in [-0.2, -0.15) is 4.98 Å². The maximum absolute atomic E-state index is 11.0. The summed E-state index contributed by atoms with van der Waals surface area (Å²) in [5.41, 5.74) is 4.20. The summed E-state index contributed by atoms with van der Waals surface area (Å²) in [7, 11) is 0. The molecule has 0 saturated carbocycles. The second-order valence-electron chi connectivity index (χ2n) is 6.37. The van der Waals surface area contributed by atoms with E-state index in [2.05, 4.69) is 32.9 Å². The van der Waals surface area contributed by atoms with Crippen molar-refractivity contribution in [1.29, 1.82) is 0 Å². The summed E-state index contributed by atoms with van der Waals surface area (Å²) in [6.45, 7) is 5.18. The molecule has 1 aromatic heterocycles. The Morgan fingerprint density at radius 2 is 1.74 bits per heavy atom. The number of amides is 1. The molecular weight excluding hydrogens is 340 g/mol. The molecule has 0 aliphatic heterocycles. The molecule has 2 aromatic carbocycles. The van der Waals surface area contributed by atoms with E-state index in [4.69, 9.17) is 4.52 Å². The highest BCUT2D eigenvalue weighted by atomic mass is 16.5. The fourth-order valence-electron chi connectivity index (χ4n) is 2.70. The van der Waals surface area contributed by atoms with Crippen molar-refractivity contribution < 1.29 is 9.32 Å². The van der Waals surface area contributed by atoms with Crippen LogP contribution in [0.3, 0.4) is 0 Å². The highest BCUT2D eigenvalue weighted by Crippen LogP contribution is 2.18. The molecule has 6 heteroatoms. The SMILES string of the molecule is CCc1noc(-c2ccc(CCNCc3ccc(NC(C)=O)cc3)cc2)n1. The van der Waals surface area contributed by atoms with Gasteiger partial charge in [0.1, 0.15) is 0 Å². The van der Waals surface area contributed by atoms with Crippen LogP contribution in [0.4, 0.5) is 5.69 Å². The Kier molecular flexibility index (Phi) is 6.33. The summed E-state index contributed by atoms with van der Waals surface area (Å²) in [6.07, 6.45) is 1.71. The number of nitrogens with zero attached hydrogens (tertiary/aromatic N) is 2. The van der Waals surface area contributed by atoms with Gasteiger partial charge in [-0.05, 0) is 48.4 Å². The summed E-state index contributed by atoms with van der Waals surface area (Å²) in [6, 6.07) is 16.1. The standard InChI is InChI=1S/C21H24N4O2/c1-3-20-24-21(27-25-20)18-8-4-16(5-9-18)12-13-22-14-17-6-10-19(11-7-17)23-15(2)26/h4-11,22H,3,12-14H2,1-2H3,(H,23,26).